The van der Waals surface area contributed by atoms with E-state index in [1.807, 2.05) is 24.3 Å². The Morgan fingerprint density at radius 1 is 1.04 bits per heavy atom. The molecule has 5 nitrogen and oxygen atoms in total. The van der Waals surface area contributed by atoms with Crippen LogP contribution >= 0.6 is 0 Å². The van der Waals surface area contributed by atoms with Gasteiger partial charge in [-0.2, -0.15) is 8.42 Å². The van der Waals surface area contributed by atoms with Gasteiger partial charge in [0, 0.05) is 0 Å². The SMILES string of the molecule is CCCCCCCCc1ccccc1OCCOS(=O)(=O)O.[H-].[Na+]. The van der Waals surface area contributed by atoms with Gasteiger partial charge in [-0.05, 0) is 24.5 Å². The number of benzene rings is 1. The van der Waals surface area contributed by atoms with Gasteiger partial charge in [0.05, 0.1) is 0 Å². The molecular formula is C16H27NaO5S. The summed E-state index contributed by atoms with van der Waals surface area (Å²) in [7, 11) is -4.39. The van der Waals surface area contributed by atoms with Crippen LogP contribution in [0.4, 0.5) is 0 Å². The van der Waals surface area contributed by atoms with Crippen LogP contribution in [-0.2, 0) is 21.0 Å². The summed E-state index contributed by atoms with van der Waals surface area (Å²) in [6.45, 7) is 2.08. The molecular weight excluding hydrogens is 327 g/mol. The van der Waals surface area contributed by atoms with Crippen LogP contribution in [0.15, 0.2) is 24.3 Å². The largest absolute Gasteiger partial charge is 1.00 e. The number of unbranched alkanes of at least 4 members (excludes halogenated alkanes) is 5. The van der Waals surface area contributed by atoms with E-state index in [-0.39, 0.29) is 44.2 Å². The number of para-hydroxylation sites is 1. The van der Waals surface area contributed by atoms with Gasteiger partial charge in [0.1, 0.15) is 19.0 Å². The smallest absolute Gasteiger partial charge is 1.00 e. The maximum absolute atomic E-state index is 10.4. The van der Waals surface area contributed by atoms with Crippen molar-refractivity contribution >= 4 is 10.4 Å². The van der Waals surface area contributed by atoms with Gasteiger partial charge in [0.15, 0.2) is 0 Å². The molecule has 0 aliphatic rings. The molecule has 0 fully saturated rings. The molecule has 0 saturated heterocycles. The summed E-state index contributed by atoms with van der Waals surface area (Å²) in [6, 6.07) is 7.72. The number of ether oxygens (including phenoxy) is 1. The maximum Gasteiger partial charge on any atom is 1.00 e. The van der Waals surface area contributed by atoms with Crippen molar-refractivity contribution in [3.63, 3.8) is 0 Å². The van der Waals surface area contributed by atoms with Crippen LogP contribution in [0.2, 0.25) is 0 Å². The van der Waals surface area contributed by atoms with E-state index in [2.05, 4.69) is 11.1 Å². The van der Waals surface area contributed by atoms with Crippen molar-refractivity contribution in [3.05, 3.63) is 29.8 Å². The topological polar surface area (TPSA) is 72.8 Å². The van der Waals surface area contributed by atoms with E-state index < -0.39 is 10.4 Å². The Kier molecular flexibility index (Phi) is 13.1. The Morgan fingerprint density at radius 2 is 1.70 bits per heavy atom. The van der Waals surface area contributed by atoms with Crippen molar-refractivity contribution in [1.82, 2.24) is 0 Å². The fraction of sp³-hybridized carbons (Fsp3) is 0.625. The second-order valence-electron chi connectivity index (χ2n) is 5.22. The third-order valence-corrected chi connectivity index (χ3v) is 3.81. The Hall–Kier alpha value is -0.110. The van der Waals surface area contributed by atoms with Gasteiger partial charge >= 0.3 is 40.0 Å². The summed E-state index contributed by atoms with van der Waals surface area (Å²) in [5.74, 6) is 0.745. The van der Waals surface area contributed by atoms with Crippen LogP contribution in [-0.4, -0.2) is 26.2 Å². The molecule has 0 aromatic heterocycles. The molecule has 23 heavy (non-hydrogen) atoms. The maximum atomic E-state index is 10.4. The van der Waals surface area contributed by atoms with Crippen LogP contribution in [0.25, 0.3) is 0 Å². The van der Waals surface area contributed by atoms with Gasteiger partial charge in [-0.25, -0.2) is 4.18 Å². The second-order valence-corrected chi connectivity index (χ2v) is 6.31. The number of hydrogen-bond acceptors (Lipinski definition) is 4. The molecule has 0 aliphatic heterocycles. The van der Waals surface area contributed by atoms with E-state index in [0.29, 0.717) is 0 Å². The van der Waals surface area contributed by atoms with Gasteiger partial charge < -0.3 is 6.16 Å². The first-order valence-electron chi connectivity index (χ1n) is 7.85. The molecule has 0 amide bonds. The van der Waals surface area contributed by atoms with Gasteiger partial charge in [0.25, 0.3) is 0 Å². The van der Waals surface area contributed by atoms with Crippen molar-refractivity contribution < 1.29 is 52.9 Å². The minimum absolute atomic E-state index is 0. The fourth-order valence-corrected chi connectivity index (χ4v) is 2.52. The van der Waals surface area contributed by atoms with Crippen LogP contribution in [0.5, 0.6) is 5.75 Å². The van der Waals surface area contributed by atoms with Crippen LogP contribution in [0.1, 0.15) is 52.4 Å². The minimum atomic E-state index is -4.39. The molecule has 128 valence electrons. The first kappa shape index (κ1) is 22.9. The number of rotatable bonds is 12. The first-order valence-corrected chi connectivity index (χ1v) is 9.22. The summed E-state index contributed by atoms with van der Waals surface area (Å²) in [5.41, 5.74) is 1.12. The summed E-state index contributed by atoms with van der Waals surface area (Å²) < 4.78 is 39.1. The zero-order valence-corrected chi connectivity index (χ0v) is 17.0. The van der Waals surface area contributed by atoms with Crippen molar-refractivity contribution in [1.29, 1.82) is 0 Å². The molecule has 0 atom stereocenters. The Morgan fingerprint density at radius 3 is 2.39 bits per heavy atom. The van der Waals surface area contributed by atoms with Gasteiger partial charge in [-0.15, -0.1) is 0 Å². The van der Waals surface area contributed by atoms with Crippen LogP contribution in [0, 0.1) is 0 Å². The standard InChI is InChI=1S/C16H26O5S.Na.H/c1-2-3-4-5-6-7-10-15-11-8-9-12-16(15)20-13-14-21-22(17,18)19;;/h8-9,11-12H,2-7,10,13-14H2,1H3,(H,17,18,19);;/q;+1;-1. The van der Waals surface area contributed by atoms with Crippen LogP contribution in [0.3, 0.4) is 0 Å². The molecule has 0 aliphatic carbocycles. The molecule has 1 aromatic carbocycles. The first-order chi connectivity index (χ1) is 10.5. The summed E-state index contributed by atoms with van der Waals surface area (Å²) >= 11 is 0. The molecule has 0 saturated carbocycles. The van der Waals surface area contributed by atoms with Gasteiger partial charge in [-0.1, -0.05) is 57.2 Å². The average Bonchev–Trinajstić information content (AvgIpc) is 2.47. The monoisotopic (exact) mass is 354 g/mol. The van der Waals surface area contributed by atoms with E-state index in [0.717, 1.165) is 24.2 Å². The van der Waals surface area contributed by atoms with Crippen molar-refractivity contribution in [2.75, 3.05) is 13.2 Å². The zero-order chi connectivity index (χ0) is 16.3. The minimum Gasteiger partial charge on any atom is -1.00 e. The molecule has 0 radical (unpaired) electrons. The summed E-state index contributed by atoms with van der Waals surface area (Å²) in [4.78, 5) is 0. The third-order valence-electron chi connectivity index (χ3n) is 3.35. The van der Waals surface area contributed by atoms with Crippen molar-refractivity contribution in [2.45, 2.75) is 51.9 Å². The molecule has 0 unspecified atom stereocenters. The van der Waals surface area contributed by atoms with Gasteiger partial charge in [0.2, 0.25) is 0 Å². The van der Waals surface area contributed by atoms with E-state index >= 15 is 0 Å². The normalized spacial score (nSPS) is 11.0. The molecule has 0 bridgehead atoms. The second kappa shape index (κ2) is 13.2. The fourth-order valence-electron chi connectivity index (χ4n) is 2.24. The zero-order valence-electron chi connectivity index (χ0n) is 15.2. The van der Waals surface area contributed by atoms with E-state index in [1.54, 1.807) is 0 Å². The predicted octanol–water partition coefficient (Wildman–Crippen LogP) is 0.904. The summed E-state index contributed by atoms with van der Waals surface area (Å²) in [5, 5.41) is 0. The molecule has 0 heterocycles. The van der Waals surface area contributed by atoms with Gasteiger partial charge in [-0.3, -0.25) is 4.55 Å². The van der Waals surface area contributed by atoms with Crippen molar-refractivity contribution in [3.8, 4) is 5.75 Å². The summed E-state index contributed by atoms with van der Waals surface area (Å²) in [6.07, 6.45) is 8.38. The predicted molar refractivity (Wildman–Crippen MR) is 87.6 cm³/mol. The Bertz CT molecular complexity index is 525. The van der Waals surface area contributed by atoms with E-state index in [1.165, 1.54) is 32.1 Å². The van der Waals surface area contributed by atoms with E-state index in [4.69, 9.17) is 9.29 Å². The Labute approximate surface area is 163 Å². The molecule has 7 heteroatoms. The molecule has 1 aromatic rings. The van der Waals surface area contributed by atoms with Crippen LogP contribution < -0.4 is 34.3 Å². The average molecular weight is 354 g/mol. The third kappa shape index (κ3) is 12.0. The quantitative estimate of drug-likeness (QED) is 0.343. The Balaban J connectivity index is 0. The van der Waals surface area contributed by atoms with E-state index in [9.17, 15) is 8.42 Å². The molecule has 0 spiro atoms. The molecule has 1 N–H and O–H groups in total. The number of hydrogen-bond donors (Lipinski definition) is 1. The number of aryl methyl sites for hydroxylation is 1. The van der Waals surface area contributed by atoms with Crippen molar-refractivity contribution in [2.24, 2.45) is 0 Å². The molecule has 1 rings (SSSR count).